The van der Waals surface area contributed by atoms with Gasteiger partial charge < -0.3 is 0 Å². The summed E-state index contributed by atoms with van der Waals surface area (Å²) < 4.78 is 0. The van der Waals surface area contributed by atoms with E-state index >= 15 is 0 Å². The van der Waals surface area contributed by atoms with Gasteiger partial charge in [0.2, 0.25) is 0 Å². The van der Waals surface area contributed by atoms with Gasteiger partial charge in [-0.15, -0.1) is 0 Å². The summed E-state index contributed by atoms with van der Waals surface area (Å²) in [4.78, 5) is 0. The molecule has 0 aliphatic heterocycles. The molecule has 0 bridgehead atoms. The van der Waals surface area contributed by atoms with Crippen molar-refractivity contribution in [1.82, 2.24) is 0 Å². The highest BCUT2D eigenvalue weighted by Crippen LogP contribution is 2.51. The Balaban J connectivity index is 1.66. The van der Waals surface area contributed by atoms with Gasteiger partial charge in [0.15, 0.2) is 0 Å². The monoisotopic (exact) mass is 360 g/mol. The third kappa shape index (κ3) is 2.01. The van der Waals surface area contributed by atoms with Gasteiger partial charge in [-0.2, -0.15) is 0 Å². The Hall–Kier alpha value is -2.86. The van der Waals surface area contributed by atoms with Crippen LogP contribution in [0.5, 0.6) is 0 Å². The summed E-state index contributed by atoms with van der Waals surface area (Å²) in [7, 11) is 0. The Labute approximate surface area is 166 Å². The molecule has 2 aliphatic rings. The van der Waals surface area contributed by atoms with E-state index in [1.54, 1.807) is 11.1 Å². The molecule has 0 amide bonds. The zero-order valence-corrected chi connectivity index (χ0v) is 16.8. The van der Waals surface area contributed by atoms with E-state index in [0.29, 0.717) is 5.92 Å². The lowest BCUT2D eigenvalue weighted by molar-refractivity contribution is 0.842. The molecule has 0 radical (unpaired) electrons. The van der Waals surface area contributed by atoms with E-state index in [1.165, 1.54) is 55.3 Å². The van der Waals surface area contributed by atoms with E-state index in [1.807, 2.05) is 0 Å². The molecule has 0 saturated carbocycles. The highest BCUT2D eigenvalue weighted by atomic mass is 14.3. The maximum Gasteiger partial charge on any atom is -0.000705 e. The quantitative estimate of drug-likeness (QED) is 0.286. The van der Waals surface area contributed by atoms with Gasteiger partial charge >= 0.3 is 0 Å². The van der Waals surface area contributed by atoms with Crippen LogP contribution in [0.15, 0.2) is 60.7 Å². The van der Waals surface area contributed by atoms with Gasteiger partial charge in [-0.05, 0) is 92.1 Å². The topological polar surface area (TPSA) is 0 Å². The highest BCUT2D eigenvalue weighted by Gasteiger charge is 2.31. The van der Waals surface area contributed by atoms with Crippen molar-refractivity contribution in [1.29, 1.82) is 0 Å². The van der Waals surface area contributed by atoms with Crippen LogP contribution in [0.3, 0.4) is 0 Å². The smallest absolute Gasteiger partial charge is 0.000705 e. The fourth-order valence-electron chi connectivity index (χ4n) is 5.75. The van der Waals surface area contributed by atoms with Crippen molar-refractivity contribution in [3.63, 3.8) is 0 Å². The molecule has 0 aromatic heterocycles. The van der Waals surface area contributed by atoms with E-state index in [2.05, 4.69) is 81.4 Å². The van der Waals surface area contributed by atoms with E-state index in [0.717, 1.165) is 12.8 Å². The molecule has 4 aromatic rings. The van der Waals surface area contributed by atoms with Gasteiger partial charge in [-0.25, -0.2) is 0 Å². The molecule has 6 rings (SSSR count). The number of hydrogen-bond donors (Lipinski definition) is 0. The molecule has 136 valence electrons. The Morgan fingerprint density at radius 2 is 1.32 bits per heavy atom. The number of aryl methyl sites for hydroxylation is 1. The average Bonchev–Trinajstić information content (AvgIpc) is 3.25. The molecule has 0 heterocycles. The third-order valence-electron chi connectivity index (χ3n) is 6.84. The first-order chi connectivity index (χ1) is 13.6. The van der Waals surface area contributed by atoms with Crippen LogP contribution in [-0.4, -0.2) is 0 Å². The molecule has 0 nitrogen and oxygen atoms in total. The molecule has 0 saturated heterocycles. The van der Waals surface area contributed by atoms with Crippen LogP contribution in [-0.2, 0) is 12.8 Å². The first-order valence-electron chi connectivity index (χ1n) is 10.4. The molecular weight excluding hydrogens is 336 g/mol. The van der Waals surface area contributed by atoms with Crippen molar-refractivity contribution in [2.45, 2.75) is 39.5 Å². The maximum atomic E-state index is 2.39. The molecule has 4 aromatic carbocycles. The number of rotatable bonds is 1. The van der Waals surface area contributed by atoms with Crippen LogP contribution in [0.4, 0.5) is 0 Å². The van der Waals surface area contributed by atoms with E-state index < -0.39 is 0 Å². The molecular formula is C28H24. The van der Waals surface area contributed by atoms with Crippen LogP contribution >= 0.6 is 0 Å². The first kappa shape index (κ1) is 16.1. The van der Waals surface area contributed by atoms with Crippen LogP contribution < -0.4 is 0 Å². The van der Waals surface area contributed by atoms with Crippen molar-refractivity contribution in [3.05, 3.63) is 94.0 Å². The predicted molar refractivity (Wildman–Crippen MR) is 119 cm³/mol. The van der Waals surface area contributed by atoms with Gasteiger partial charge in [0, 0.05) is 0 Å². The van der Waals surface area contributed by atoms with Crippen LogP contribution in [0.2, 0.25) is 0 Å². The van der Waals surface area contributed by atoms with Crippen LogP contribution in [0.25, 0.3) is 33.0 Å². The number of hydrogen-bond acceptors (Lipinski definition) is 0. The minimum absolute atomic E-state index is 0.563. The summed E-state index contributed by atoms with van der Waals surface area (Å²) in [5.41, 5.74) is 15.0. The summed E-state index contributed by atoms with van der Waals surface area (Å²) in [5, 5.41) is 2.76. The Morgan fingerprint density at radius 1 is 0.679 bits per heavy atom. The number of benzene rings is 4. The van der Waals surface area contributed by atoms with Crippen molar-refractivity contribution in [2.75, 3.05) is 0 Å². The van der Waals surface area contributed by atoms with E-state index in [9.17, 15) is 0 Å². The van der Waals surface area contributed by atoms with Gasteiger partial charge in [0.1, 0.15) is 0 Å². The van der Waals surface area contributed by atoms with Crippen molar-refractivity contribution >= 4 is 10.8 Å². The predicted octanol–water partition coefficient (Wildman–Crippen LogP) is 7.41. The van der Waals surface area contributed by atoms with Gasteiger partial charge in [0.05, 0.1) is 0 Å². The average molecular weight is 361 g/mol. The summed E-state index contributed by atoms with van der Waals surface area (Å²) in [5.74, 6) is 0.563. The largest absolute Gasteiger partial charge is 0.0616 e. The van der Waals surface area contributed by atoms with Gasteiger partial charge in [0.25, 0.3) is 0 Å². The SMILES string of the molecule is Cc1ccc2c(c1C(C)C)Cc1ccc3c(c1-2)-c1ccc2ccccc2c1C3. The molecule has 0 atom stereocenters. The second-order valence-electron chi connectivity index (χ2n) is 8.78. The van der Waals surface area contributed by atoms with Gasteiger partial charge in [-0.3, -0.25) is 0 Å². The van der Waals surface area contributed by atoms with E-state index in [4.69, 9.17) is 0 Å². The Morgan fingerprint density at radius 3 is 2.07 bits per heavy atom. The first-order valence-corrected chi connectivity index (χ1v) is 10.4. The number of fused-ring (bicyclic) bond motifs is 9. The molecule has 0 unspecified atom stereocenters. The minimum Gasteiger partial charge on any atom is -0.0616 e. The second kappa shape index (κ2) is 5.58. The van der Waals surface area contributed by atoms with Crippen molar-refractivity contribution in [2.24, 2.45) is 0 Å². The second-order valence-corrected chi connectivity index (χ2v) is 8.78. The highest BCUT2D eigenvalue weighted by molar-refractivity contribution is 6.01. The molecule has 0 fully saturated rings. The summed E-state index contributed by atoms with van der Waals surface area (Å²) in [6.07, 6.45) is 2.13. The molecule has 2 aliphatic carbocycles. The molecule has 0 spiro atoms. The zero-order chi connectivity index (χ0) is 19.0. The summed E-state index contributed by atoms with van der Waals surface area (Å²) in [6.45, 7) is 6.93. The lowest BCUT2D eigenvalue weighted by Gasteiger charge is -2.16. The minimum atomic E-state index is 0.563. The van der Waals surface area contributed by atoms with Crippen molar-refractivity contribution in [3.8, 4) is 22.3 Å². The fraction of sp³-hybridized carbons (Fsp3) is 0.214. The summed E-state index contributed by atoms with van der Waals surface area (Å²) in [6, 6.07) is 23.0. The van der Waals surface area contributed by atoms with E-state index in [-0.39, 0.29) is 0 Å². The van der Waals surface area contributed by atoms with Crippen LogP contribution in [0, 0.1) is 6.92 Å². The molecule has 0 heteroatoms. The lowest BCUT2D eigenvalue weighted by Crippen LogP contribution is -1.98. The van der Waals surface area contributed by atoms with Crippen LogP contribution in [0.1, 0.15) is 53.1 Å². The zero-order valence-electron chi connectivity index (χ0n) is 16.8. The maximum absolute atomic E-state index is 2.39. The third-order valence-corrected chi connectivity index (χ3v) is 6.84. The van der Waals surface area contributed by atoms with Gasteiger partial charge in [-0.1, -0.05) is 74.5 Å². The summed E-state index contributed by atoms with van der Waals surface area (Å²) >= 11 is 0. The standard InChI is InChI=1S/C28H24/c1-16(2)26-17(3)8-12-23-25(26)15-20-10-9-19-14-24-21-7-5-4-6-18(21)11-13-22(24)27(19)28(20)23/h4-13,16H,14-15H2,1-3H3. The normalized spacial score (nSPS) is 13.6. The van der Waals surface area contributed by atoms with Crippen molar-refractivity contribution < 1.29 is 0 Å². The Kier molecular flexibility index (Phi) is 3.21. The lowest BCUT2D eigenvalue weighted by atomic mass is 9.88. The molecule has 28 heavy (non-hydrogen) atoms. The fourth-order valence-corrected chi connectivity index (χ4v) is 5.75. The molecule has 0 N–H and O–H groups in total. The Bertz CT molecular complexity index is 1290.